The average molecular weight is 454 g/mol. The van der Waals surface area contributed by atoms with E-state index in [-0.39, 0.29) is 47.1 Å². The Bertz CT molecular complexity index is 1080. The zero-order valence-corrected chi connectivity index (χ0v) is 18.4. The Labute approximate surface area is 190 Å². The van der Waals surface area contributed by atoms with E-state index in [1.165, 1.54) is 7.11 Å². The van der Waals surface area contributed by atoms with Crippen LogP contribution in [0.25, 0.3) is 0 Å². The first-order valence-electron chi connectivity index (χ1n) is 11.0. The quantitative estimate of drug-likeness (QED) is 0.698. The lowest BCUT2D eigenvalue weighted by atomic mass is 9.57. The van der Waals surface area contributed by atoms with Crippen LogP contribution in [-0.4, -0.2) is 65.3 Å². The number of hydrogen-bond acceptors (Lipinski definition) is 9. The lowest BCUT2D eigenvalue weighted by Gasteiger charge is -2.51. The molecule has 0 aromatic carbocycles. The average Bonchev–Trinajstić information content (AvgIpc) is 2.96. The van der Waals surface area contributed by atoms with E-state index < -0.39 is 5.97 Å². The number of carboxylic acid groups (broad SMARTS) is 1. The lowest BCUT2D eigenvalue weighted by molar-refractivity contribution is -0.151. The van der Waals surface area contributed by atoms with Crippen molar-refractivity contribution in [1.29, 1.82) is 0 Å². The smallest absolute Gasteiger partial charge is 0.321 e. The summed E-state index contributed by atoms with van der Waals surface area (Å²) in [5.41, 5.74) is 6.91. The largest absolute Gasteiger partial charge is 0.481 e. The Hall–Kier alpha value is -3.63. The number of nitrogens with two attached hydrogens (primary N) is 1. The number of nitrogens with zero attached hydrogens (tertiary/aromatic N) is 5. The second kappa shape index (κ2) is 8.05. The molecule has 2 aliphatic heterocycles. The van der Waals surface area contributed by atoms with Gasteiger partial charge in [-0.05, 0) is 43.2 Å². The molecule has 2 fully saturated rings. The SMILES string of the molecule is COc1nc(N)c2c(n1)OCCN(c1ccc(N3CCC4(CC3)CC(C(=O)O)C4)nc1)C2=O. The highest BCUT2D eigenvalue weighted by Crippen LogP contribution is 2.52. The molecule has 174 valence electrons. The van der Waals surface area contributed by atoms with Crippen LogP contribution in [0.5, 0.6) is 11.9 Å². The highest BCUT2D eigenvalue weighted by atomic mass is 16.5. The second-order valence-corrected chi connectivity index (χ2v) is 8.89. The summed E-state index contributed by atoms with van der Waals surface area (Å²) in [5.74, 6) is -0.260. The molecule has 0 radical (unpaired) electrons. The molecule has 5 rings (SSSR count). The molecule has 3 N–H and O–H groups in total. The minimum absolute atomic E-state index is 0.00158. The number of aromatic nitrogens is 3. The van der Waals surface area contributed by atoms with E-state index in [9.17, 15) is 9.59 Å². The first-order chi connectivity index (χ1) is 15.9. The lowest BCUT2D eigenvalue weighted by Crippen LogP contribution is -2.49. The molecule has 33 heavy (non-hydrogen) atoms. The predicted octanol–water partition coefficient (Wildman–Crippen LogP) is 1.58. The van der Waals surface area contributed by atoms with Gasteiger partial charge in [0.2, 0.25) is 5.88 Å². The number of carbonyl (C=O) groups is 2. The molecule has 1 aliphatic carbocycles. The van der Waals surface area contributed by atoms with Crippen LogP contribution in [0.3, 0.4) is 0 Å². The molecule has 1 amide bonds. The summed E-state index contributed by atoms with van der Waals surface area (Å²) in [5, 5.41) is 9.16. The highest BCUT2D eigenvalue weighted by molar-refractivity contribution is 6.10. The molecule has 0 unspecified atom stereocenters. The van der Waals surface area contributed by atoms with Crippen LogP contribution in [0.15, 0.2) is 18.3 Å². The summed E-state index contributed by atoms with van der Waals surface area (Å²) >= 11 is 0. The second-order valence-electron chi connectivity index (χ2n) is 8.89. The summed E-state index contributed by atoms with van der Waals surface area (Å²) in [6.45, 7) is 2.25. The van der Waals surface area contributed by atoms with Crippen molar-refractivity contribution in [2.75, 3.05) is 48.9 Å². The molecule has 0 bridgehead atoms. The van der Waals surface area contributed by atoms with Crippen molar-refractivity contribution in [3.8, 4) is 11.9 Å². The Morgan fingerprint density at radius 3 is 2.64 bits per heavy atom. The topological polar surface area (TPSA) is 144 Å². The number of aliphatic carboxylic acids is 1. The van der Waals surface area contributed by atoms with E-state index in [4.69, 9.17) is 20.3 Å². The molecule has 0 atom stereocenters. The first-order valence-corrected chi connectivity index (χ1v) is 11.0. The number of anilines is 3. The molecule has 11 heteroatoms. The molecule has 1 saturated heterocycles. The predicted molar refractivity (Wildman–Crippen MR) is 119 cm³/mol. The number of carboxylic acids is 1. The summed E-state index contributed by atoms with van der Waals surface area (Å²) in [4.78, 5) is 40.8. The van der Waals surface area contributed by atoms with Crippen molar-refractivity contribution in [2.45, 2.75) is 25.7 Å². The summed E-state index contributed by atoms with van der Waals surface area (Å²) < 4.78 is 10.6. The maximum Gasteiger partial charge on any atom is 0.321 e. The van der Waals surface area contributed by atoms with E-state index in [2.05, 4.69) is 19.9 Å². The number of carbonyl (C=O) groups excluding carboxylic acids is 1. The summed E-state index contributed by atoms with van der Waals surface area (Å²) in [6.07, 6.45) is 5.18. The Kier molecular flexibility index (Phi) is 5.18. The van der Waals surface area contributed by atoms with Gasteiger partial charge in [0.05, 0.1) is 31.5 Å². The molecule has 2 aromatic heterocycles. The number of hydrogen-bond donors (Lipinski definition) is 2. The Morgan fingerprint density at radius 2 is 2.00 bits per heavy atom. The number of nitrogen functional groups attached to an aromatic ring is 1. The highest BCUT2D eigenvalue weighted by Gasteiger charge is 2.48. The van der Waals surface area contributed by atoms with Crippen molar-refractivity contribution in [3.63, 3.8) is 0 Å². The van der Waals surface area contributed by atoms with Crippen LogP contribution in [0.4, 0.5) is 17.3 Å². The van der Waals surface area contributed by atoms with Crippen LogP contribution in [0, 0.1) is 11.3 Å². The number of methoxy groups -OCH3 is 1. The zero-order valence-electron chi connectivity index (χ0n) is 18.4. The van der Waals surface area contributed by atoms with E-state index >= 15 is 0 Å². The maximum absolute atomic E-state index is 13.2. The molecule has 1 saturated carbocycles. The first kappa shape index (κ1) is 21.2. The van der Waals surface area contributed by atoms with Crippen LogP contribution in [-0.2, 0) is 4.79 Å². The van der Waals surface area contributed by atoms with Crippen LogP contribution < -0.4 is 25.0 Å². The third-order valence-corrected chi connectivity index (χ3v) is 6.98. The van der Waals surface area contributed by atoms with Gasteiger partial charge in [-0.25, -0.2) is 4.98 Å². The summed E-state index contributed by atoms with van der Waals surface area (Å²) in [7, 11) is 1.42. The fraction of sp³-hybridized carbons (Fsp3) is 0.500. The van der Waals surface area contributed by atoms with Gasteiger partial charge in [0.15, 0.2) is 0 Å². The molecular weight excluding hydrogens is 428 g/mol. The normalized spacial score (nSPS) is 20.0. The fourth-order valence-electron chi connectivity index (χ4n) is 5.05. The zero-order chi connectivity index (χ0) is 23.2. The van der Waals surface area contributed by atoms with Crippen molar-refractivity contribution in [2.24, 2.45) is 11.3 Å². The van der Waals surface area contributed by atoms with Gasteiger partial charge < -0.3 is 30.1 Å². The maximum atomic E-state index is 13.2. The van der Waals surface area contributed by atoms with Crippen molar-refractivity contribution in [1.82, 2.24) is 15.0 Å². The van der Waals surface area contributed by atoms with Gasteiger partial charge in [-0.2, -0.15) is 9.97 Å². The number of rotatable bonds is 4. The molecule has 1 spiro atoms. The molecule has 11 nitrogen and oxygen atoms in total. The van der Waals surface area contributed by atoms with Crippen molar-refractivity contribution in [3.05, 3.63) is 23.9 Å². The molecule has 3 aliphatic rings. The van der Waals surface area contributed by atoms with Gasteiger partial charge >= 0.3 is 12.0 Å². The van der Waals surface area contributed by atoms with Crippen LogP contribution >= 0.6 is 0 Å². The van der Waals surface area contributed by atoms with Crippen LogP contribution in [0.2, 0.25) is 0 Å². The van der Waals surface area contributed by atoms with E-state index in [1.54, 1.807) is 11.1 Å². The number of piperidine rings is 1. The third kappa shape index (κ3) is 3.77. The third-order valence-electron chi connectivity index (χ3n) is 6.98. The molecule has 4 heterocycles. The molecular formula is C22H26N6O5. The standard InChI is InChI=1S/C22H26N6O5/c1-32-21-25-17(23)16-18(26-21)33-9-8-28(19(16)29)14-2-3-15(24-12-14)27-6-4-22(5-7-27)10-13(11-22)20(30)31/h2-3,12-13H,4-11H2,1H3,(H,30,31)(H2,23,25,26). The number of pyridine rings is 1. The minimum atomic E-state index is -0.677. The molecule has 2 aromatic rings. The monoisotopic (exact) mass is 454 g/mol. The van der Waals surface area contributed by atoms with Gasteiger partial charge in [-0.1, -0.05) is 0 Å². The Morgan fingerprint density at radius 1 is 1.24 bits per heavy atom. The van der Waals surface area contributed by atoms with E-state index in [0.717, 1.165) is 44.6 Å². The van der Waals surface area contributed by atoms with E-state index in [1.807, 2.05) is 12.1 Å². The fourth-order valence-corrected chi connectivity index (χ4v) is 5.05. The Balaban J connectivity index is 1.28. The van der Waals surface area contributed by atoms with Crippen LogP contribution in [0.1, 0.15) is 36.0 Å². The number of amides is 1. The van der Waals surface area contributed by atoms with E-state index in [0.29, 0.717) is 12.2 Å². The summed E-state index contributed by atoms with van der Waals surface area (Å²) in [6, 6.07) is 3.81. The van der Waals surface area contributed by atoms with Gasteiger partial charge in [-0.3, -0.25) is 9.59 Å². The minimum Gasteiger partial charge on any atom is -0.481 e. The van der Waals surface area contributed by atoms with Gasteiger partial charge in [0.25, 0.3) is 5.91 Å². The van der Waals surface area contributed by atoms with Gasteiger partial charge in [-0.15, -0.1) is 0 Å². The number of fused-ring (bicyclic) bond motifs is 1. The van der Waals surface area contributed by atoms with Crippen molar-refractivity contribution < 1.29 is 24.2 Å². The van der Waals surface area contributed by atoms with Gasteiger partial charge in [0, 0.05) is 13.1 Å². The number of ether oxygens (including phenoxy) is 2. The van der Waals surface area contributed by atoms with Gasteiger partial charge in [0.1, 0.15) is 23.8 Å². The van der Waals surface area contributed by atoms with Crippen molar-refractivity contribution >= 4 is 29.2 Å².